The van der Waals surface area contributed by atoms with Crippen molar-refractivity contribution >= 4 is 29.1 Å². The molecule has 2 N–H and O–H groups in total. The molecule has 0 aromatic carbocycles. The van der Waals surface area contributed by atoms with Crippen LogP contribution in [0.1, 0.15) is 54.6 Å². The topological polar surface area (TPSA) is 100 Å². The van der Waals surface area contributed by atoms with Crippen LogP contribution in [0.5, 0.6) is 0 Å². The first-order valence-electron chi connectivity index (χ1n) is 9.86. The number of carbonyl (C=O) groups excluding carboxylic acids is 1. The normalized spacial score (nSPS) is 16.7. The second kappa shape index (κ2) is 6.81. The first-order chi connectivity index (χ1) is 13.7. The Morgan fingerprint density at radius 1 is 1.32 bits per heavy atom. The fourth-order valence-electron chi connectivity index (χ4n) is 3.58. The van der Waals surface area contributed by atoms with Crippen LogP contribution in [0.25, 0.3) is 5.52 Å². The average Bonchev–Trinajstić information content (AvgIpc) is 3.12. The highest BCUT2D eigenvalue weighted by atomic mass is 16.5. The molecule has 9 nitrogen and oxygen atoms in total. The number of esters is 1. The zero-order chi connectivity index (χ0) is 19.1. The number of anilines is 3. The Hall–Kier alpha value is -3.10. The Balaban J connectivity index is 1.53. The highest BCUT2D eigenvalue weighted by Crippen LogP contribution is 2.39. The zero-order valence-electron chi connectivity index (χ0n) is 15.8. The third kappa shape index (κ3) is 3.17. The summed E-state index contributed by atoms with van der Waals surface area (Å²) in [6.07, 6.45) is 6.38. The maximum Gasteiger partial charge on any atom is 0.339 e. The van der Waals surface area contributed by atoms with Gasteiger partial charge in [-0.05, 0) is 38.7 Å². The van der Waals surface area contributed by atoms with Crippen LogP contribution in [0.3, 0.4) is 0 Å². The maximum atomic E-state index is 12.2. The van der Waals surface area contributed by atoms with Crippen LogP contribution in [-0.2, 0) is 4.74 Å². The molecule has 1 saturated heterocycles. The number of fused-ring (bicyclic) bond motifs is 1. The van der Waals surface area contributed by atoms with Crippen LogP contribution in [0.2, 0.25) is 0 Å². The van der Waals surface area contributed by atoms with Gasteiger partial charge in [0, 0.05) is 37.0 Å². The molecular formula is C19H23N7O2. The smallest absolute Gasteiger partial charge is 0.339 e. The third-order valence-corrected chi connectivity index (χ3v) is 5.21. The molecule has 146 valence electrons. The molecule has 2 fully saturated rings. The number of carbonyl (C=O) groups is 1. The summed E-state index contributed by atoms with van der Waals surface area (Å²) in [5, 5.41) is 15.4. The molecule has 3 aromatic rings. The van der Waals surface area contributed by atoms with E-state index in [1.54, 1.807) is 23.7 Å². The van der Waals surface area contributed by atoms with Crippen LogP contribution in [0.4, 0.5) is 17.6 Å². The van der Waals surface area contributed by atoms with Crippen molar-refractivity contribution in [2.75, 3.05) is 29.9 Å². The number of rotatable bonds is 6. The van der Waals surface area contributed by atoms with Crippen molar-refractivity contribution in [2.24, 2.45) is 0 Å². The van der Waals surface area contributed by atoms with Crippen LogP contribution in [-0.4, -0.2) is 50.5 Å². The van der Waals surface area contributed by atoms with Gasteiger partial charge in [0.15, 0.2) is 11.6 Å². The molecule has 1 aliphatic carbocycles. The number of ether oxygens (including phenoxy) is 1. The highest BCUT2D eigenvalue weighted by Gasteiger charge is 2.26. The second-order valence-electron chi connectivity index (χ2n) is 7.34. The van der Waals surface area contributed by atoms with Gasteiger partial charge in [-0.2, -0.15) is 10.1 Å². The van der Waals surface area contributed by atoms with E-state index in [1.165, 1.54) is 12.8 Å². The van der Waals surface area contributed by atoms with Crippen LogP contribution in [0, 0.1) is 0 Å². The molecule has 3 aromatic heterocycles. The van der Waals surface area contributed by atoms with Gasteiger partial charge < -0.3 is 15.0 Å². The molecule has 0 bridgehead atoms. The summed E-state index contributed by atoms with van der Waals surface area (Å²) in [7, 11) is 0. The minimum atomic E-state index is -0.363. The van der Waals surface area contributed by atoms with Gasteiger partial charge in [-0.25, -0.2) is 9.31 Å². The van der Waals surface area contributed by atoms with Gasteiger partial charge in [0.2, 0.25) is 5.95 Å². The van der Waals surface area contributed by atoms with Crippen molar-refractivity contribution in [3.63, 3.8) is 0 Å². The van der Waals surface area contributed by atoms with Crippen molar-refractivity contribution in [3.8, 4) is 0 Å². The van der Waals surface area contributed by atoms with Gasteiger partial charge in [0.25, 0.3) is 0 Å². The molecule has 2 aliphatic rings. The quantitative estimate of drug-likeness (QED) is 0.633. The third-order valence-electron chi connectivity index (χ3n) is 5.21. The Labute approximate surface area is 162 Å². The van der Waals surface area contributed by atoms with Gasteiger partial charge in [0.05, 0.1) is 12.2 Å². The summed E-state index contributed by atoms with van der Waals surface area (Å²) in [5.74, 6) is 2.22. The Kier molecular flexibility index (Phi) is 4.14. The number of H-pyrrole nitrogens is 1. The lowest BCUT2D eigenvalue weighted by atomic mass is 10.3. The van der Waals surface area contributed by atoms with E-state index in [1.807, 2.05) is 6.07 Å². The molecule has 1 aliphatic heterocycles. The molecule has 5 rings (SSSR count). The zero-order valence-corrected chi connectivity index (χ0v) is 15.8. The Morgan fingerprint density at radius 3 is 2.89 bits per heavy atom. The lowest BCUT2D eigenvalue weighted by Crippen LogP contribution is -2.22. The summed E-state index contributed by atoms with van der Waals surface area (Å²) in [6.45, 7) is 4.00. The van der Waals surface area contributed by atoms with Gasteiger partial charge in [-0.1, -0.05) is 0 Å². The molecule has 28 heavy (non-hydrogen) atoms. The van der Waals surface area contributed by atoms with Crippen molar-refractivity contribution < 1.29 is 9.53 Å². The van der Waals surface area contributed by atoms with Crippen LogP contribution >= 0.6 is 0 Å². The predicted octanol–water partition coefficient (Wildman–Crippen LogP) is 2.85. The fourth-order valence-corrected chi connectivity index (χ4v) is 3.58. The number of nitrogens with zero attached hydrogens (tertiary/aromatic N) is 5. The minimum absolute atomic E-state index is 0.331. The Bertz CT molecular complexity index is 1010. The SMILES string of the molecule is CCOC(=O)c1cc2c(Nc3cc(C4CC4)[nH]n3)nc(N3CCCC3)nn2c1. The molecule has 0 spiro atoms. The second-order valence-corrected chi connectivity index (χ2v) is 7.34. The van der Waals surface area contributed by atoms with Crippen molar-refractivity contribution in [1.29, 1.82) is 0 Å². The molecule has 4 heterocycles. The average molecular weight is 381 g/mol. The van der Waals surface area contributed by atoms with E-state index in [9.17, 15) is 4.79 Å². The van der Waals surface area contributed by atoms with E-state index >= 15 is 0 Å². The van der Waals surface area contributed by atoms with Crippen molar-refractivity contribution in [2.45, 2.75) is 38.5 Å². The Morgan fingerprint density at radius 2 is 2.14 bits per heavy atom. The first-order valence-corrected chi connectivity index (χ1v) is 9.86. The number of hydrogen-bond donors (Lipinski definition) is 2. The molecule has 0 amide bonds. The fraction of sp³-hybridized carbons (Fsp3) is 0.474. The van der Waals surface area contributed by atoms with Gasteiger partial charge in [-0.15, -0.1) is 5.10 Å². The summed E-state index contributed by atoms with van der Waals surface area (Å²) in [4.78, 5) is 19.1. The lowest BCUT2D eigenvalue weighted by molar-refractivity contribution is 0.0526. The van der Waals surface area contributed by atoms with Gasteiger partial charge in [0.1, 0.15) is 5.52 Å². The predicted molar refractivity (Wildman–Crippen MR) is 104 cm³/mol. The number of aromatic amines is 1. The van der Waals surface area contributed by atoms with E-state index in [2.05, 4.69) is 25.5 Å². The molecule has 0 radical (unpaired) electrons. The highest BCUT2D eigenvalue weighted by molar-refractivity contribution is 5.92. The standard InChI is InChI=1S/C19H23N7O2/c1-2-28-18(27)13-9-15-17(20-16-10-14(22-23-16)12-5-6-12)21-19(24-26(15)11-13)25-7-3-4-8-25/h9-12H,2-8H2,1H3,(H2,20,21,22,23,24). The van der Waals surface area contributed by atoms with Gasteiger partial charge >= 0.3 is 5.97 Å². The molecular weight excluding hydrogens is 358 g/mol. The van der Waals surface area contributed by atoms with E-state index in [4.69, 9.17) is 9.72 Å². The minimum Gasteiger partial charge on any atom is -0.462 e. The van der Waals surface area contributed by atoms with E-state index in [0.29, 0.717) is 41.2 Å². The summed E-state index contributed by atoms with van der Waals surface area (Å²) < 4.78 is 6.83. The molecule has 1 saturated carbocycles. The maximum absolute atomic E-state index is 12.2. The molecule has 0 atom stereocenters. The van der Waals surface area contributed by atoms with E-state index in [0.717, 1.165) is 31.6 Å². The van der Waals surface area contributed by atoms with Crippen LogP contribution in [0.15, 0.2) is 18.3 Å². The van der Waals surface area contributed by atoms with Crippen molar-refractivity contribution in [3.05, 3.63) is 29.6 Å². The van der Waals surface area contributed by atoms with E-state index in [-0.39, 0.29) is 5.97 Å². The van der Waals surface area contributed by atoms with Crippen LogP contribution < -0.4 is 10.2 Å². The number of nitrogens with one attached hydrogen (secondary N) is 2. The van der Waals surface area contributed by atoms with E-state index < -0.39 is 0 Å². The monoisotopic (exact) mass is 381 g/mol. The largest absolute Gasteiger partial charge is 0.462 e. The molecule has 0 unspecified atom stereocenters. The summed E-state index contributed by atoms with van der Waals surface area (Å²) >= 11 is 0. The number of hydrogen-bond acceptors (Lipinski definition) is 7. The summed E-state index contributed by atoms with van der Waals surface area (Å²) in [6, 6.07) is 3.78. The van der Waals surface area contributed by atoms with Gasteiger partial charge in [-0.3, -0.25) is 5.10 Å². The number of aromatic nitrogens is 5. The lowest BCUT2D eigenvalue weighted by Gasteiger charge is -2.16. The van der Waals surface area contributed by atoms with Crippen molar-refractivity contribution in [1.82, 2.24) is 24.8 Å². The summed E-state index contributed by atoms with van der Waals surface area (Å²) in [5.41, 5.74) is 2.32. The molecule has 9 heteroatoms. The first kappa shape index (κ1) is 17.0.